The summed E-state index contributed by atoms with van der Waals surface area (Å²) >= 11 is 0. The molecule has 0 saturated carbocycles. The fourth-order valence-corrected chi connectivity index (χ4v) is 2.32. The molecule has 1 atom stereocenters. The monoisotopic (exact) mass is 288 g/mol. The molecule has 1 fully saturated rings. The first-order valence-electron chi connectivity index (χ1n) is 7.29. The highest BCUT2D eigenvalue weighted by Crippen LogP contribution is 2.15. The second-order valence-electron chi connectivity index (χ2n) is 5.18. The molecule has 1 aliphatic rings. The van der Waals surface area contributed by atoms with Gasteiger partial charge in [0, 0.05) is 38.9 Å². The van der Waals surface area contributed by atoms with Gasteiger partial charge >= 0.3 is 6.09 Å². The molecule has 1 saturated heterocycles. The summed E-state index contributed by atoms with van der Waals surface area (Å²) in [5.41, 5.74) is 5.35. The van der Waals surface area contributed by atoms with E-state index in [9.17, 15) is 9.90 Å². The number of nitrogens with two attached hydrogens (primary N) is 1. The zero-order valence-corrected chi connectivity index (χ0v) is 12.5. The zero-order valence-electron chi connectivity index (χ0n) is 12.5. The smallest absolute Gasteiger partial charge is 0.409 e. The number of rotatable bonds is 7. The van der Waals surface area contributed by atoms with Gasteiger partial charge in [-0.1, -0.05) is 0 Å². The molecule has 7 heteroatoms. The van der Waals surface area contributed by atoms with Crippen molar-refractivity contribution >= 4 is 6.09 Å². The number of amides is 1. The van der Waals surface area contributed by atoms with Gasteiger partial charge < -0.3 is 25.8 Å². The number of piperidine rings is 1. The predicted molar refractivity (Wildman–Crippen MR) is 77.3 cm³/mol. The van der Waals surface area contributed by atoms with Crippen molar-refractivity contribution in [2.45, 2.75) is 31.9 Å². The molecule has 1 heterocycles. The van der Waals surface area contributed by atoms with E-state index in [-0.39, 0.29) is 12.6 Å². The third-order valence-electron chi connectivity index (χ3n) is 3.63. The van der Waals surface area contributed by atoms with Crippen LogP contribution in [0.25, 0.3) is 0 Å². The largest absolute Gasteiger partial charge is 0.450 e. The van der Waals surface area contributed by atoms with Crippen LogP contribution < -0.4 is 11.1 Å². The Hall–Kier alpha value is -0.890. The number of ether oxygens (including phenoxy) is 1. The number of aliphatic hydroxyl groups excluding tert-OH is 1. The first-order valence-corrected chi connectivity index (χ1v) is 7.29. The summed E-state index contributed by atoms with van der Waals surface area (Å²) in [4.78, 5) is 15.6. The average Bonchev–Trinajstić information content (AvgIpc) is 2.47. The van der Waals surface area contributed by atoms with Crippen molar-refractivity contribution in [1.29, 1.82) is 0 Å². The molecule has 1 rings (SSSR count). The predicted octanol–water partition coefficient (Wildman–Crippen LogP) is -0.594. The number of hydrogen-bond donors (Lipinski definition) is 3. The molecular formula is C13H28N4O3. The minimum atomic E-state index is -0.492. The van der Waals surface area contributed by atoms with Crippen LogP contribution in [0.4, 0.5) is 4.79 Å². The first kappa shape index (κ1) is 17.2. The van der Waals surface area contributed by atoms with Crippen LogP contribution in [0.5, 0.6) is 0 Å². The quantitative estimate of drug-likeness (QED) is 0.542. The summed E-state index contributed by atoms with van der Waals surface area (Å²) in [7, 11) is 2.05. The molecule has 1 aliphatic heterocycles. The van der Waals surface area contributed by atoms with Crippen LogP contribution in [-0.4, -0.2) is 79.6 Å². The Morgan fingerprint density at radius 2 is 2.20 bits per heavy atom. The highest BCUT2D eigenvalue weighted by atomic mass is 16.6. The average molecular weight is 288 g/mol. The SMILES string of the molecule is CCOC(=O)N1CCC(N(C)CNCC(O)CN)CC1. The number of likely N-dealkylation sites (tertiary alicyclic amines) is 1. The molecule has 0 aromatic rings. The molecule has 1 unspecified atom stereocenters. The lowest BCUT2D eigenvalue weighted by molar-refractivity contribution is 0.0777. The summed E-state index contributed by atoms with van der Waals surface area (Å²) < 4.78 is 5.00. The van der Waals surface area contributed by atoms with E-state index in [1.165, 1.54) is 0 Å². The minimum absolute atomic E-state index is 0.210. The molecule has 7 nitrogen and oxygen atoms in total. The van der Waals surface area contributed by atoms with E-state index in [1.807, 2.05) is 14.0 Å². The van der Waals surface area contributed by atoms with Crippen LogP contribution in [0.1, 0.15) is 19.8 Å². The van der Waals surface area contributed by atoms with E-state index in [4.69, 9.17) is 10.5 Å². The van der Waals surface area contributed by atoms with Gasteiger partial charge in [-0.15, -0.1) is 0 Å². The summed E-state index contributed by atoms with van der Waals surface area (Å²) in [6, 6.07) is 0.447. The molecule has 4 N–H and O–H groups in total. The Morgan fingerprint density at radius 1 is 1.55 bits per heavy atom. The van der Waals surface area contributed by atoms with Gasteiger partial charge in [0.2, 0.25) is 0 Å². The molecule has 1 amide bonds. The number of carbonyl (C=O) groups excluding carboxylic acids is 1. The number of aliphatic hydroxyl groups is 1. The highest BCUT2D eigenvalue weighted by molar-refractivity contribution is 5.67. The number of carbonyl (C=O) groups is 1. The van der Waals surface area contributed by atoms with Crippen LogP contribution in [-0.2, 0) is 4.74 Å². The third kappa shape index (κ3) is 5.62. The lowest BCUT2D eigenvalue weighted by Crippen LogP contribution is -2.48. The van der Waals surface area contributed by atoms with Gasteiger partial charge in [-0.2, -0.15) is 0 Å². The van der Waals surface area contributed by atoms with Gasteiger partial charge in [0.15, 0.2) is 0 Å². The Balaban J connectivity index is 2.21. The molecule has 118 valence electrons. The topological polar surface area (TPSA) is 91.1 Å². The van der Waals surface area contributed by atoms with Crippen molar-refractivity contribution in [3.8, 4) is 0 Å². The Labute approximate surface area is 121 Å². The fraction of sp³-hybridized carbons (Fsp3) is 0.923. The maximum atomic E-state index is 11.6. The molecule has 0 aromatic heterocycles. The van der Waals surface area contributed by atoms with E-state index >= 15 is 0 Å². The van der Waals surface area contributed by atoms with E-state index in [0.29, 0.717) is 25.9 Å². The summed E-state index contributed by atoms with van der Waals surface area (Å²) in [6.07, 6.45) is 1.18. The van der Waals surface area contributed by atoms with Crippen LogP contribution in [0.2, 0.25) is 0 Å². The van der Waals surface area contributed by atoms with Crippen molar-refractivity contribution in [3.05, 3.63) is 0 Å². The molecular weight excluding hydrogens is 260 g/mol. The second kappa shape index (κ2) is 9.12. The van der Waals surface area contributed by atoms with Gasteiger partial charge in [0.25, 0.3) is 0 Å². The van der Waals surface area contributed by atoms with Crippen LogP contribution in [0, 0.1) is 0 Å². The fourth-order valence-electron chi connectivity index (χ4n) is 2.32. The zero-order chi connectivity index (χ0) is 15.0. The van der Waals surface area contributed by atoms with Crippen molar-refractivity contribution in [1.82, 2.24) is 15.1 Å². The summed E-state index contributed by atoms with van der Waals surface area (Å²) in [5.74, 6) is 0. The highest BCUT2D eigenvalue weighted by Gasteiger charge is 2.25. The molecule has 0 radical (unpaired) electrons. The lowest BCUT2D eigenvalue weighted by atomic mass is 10.0. The lowest BCUT2D eigenvalue weighted by Gasteiger charge is -2.36. The molecule has 20 heavy (non-hydrogen) atoms. The normalized spacial score (nSPS) is 18.4. The molecule has 0 spiro atoms. The summed E-state index contributed by atoms with van der Waals surface area (Å²) in [5, 5.41) is 12.5. The molecule has 0 bridgehead atoms. The maximum Gasteiger partial charge on any atom is 0.409 e. The van der Waals surface area contributed by atoms with E-state index in [0.717, 1.165) is 25.9 Å². The summed E-state index contributed by atoms with van der Waals surface area (Å²) in [6.45, 7) is 5.20. The maximum absolute atomic E-state index is 11.6. The van der Waals surface area contributed by atoms with Crippen molar-refractivity contribution in [2.75, 3.05) is 46.5 Å². The van der Waals surface area contributed by atoms with Crippen LogP contribution >= 0.6 is 0 Å². The third-order valence-corrected chi connectivity index (χ3v) is 3.63. The number of nitrogens with one attached hydrogen (secondary N) is 1. The number of hydrogen-bond acceptors (Lipinski definition) is 6. The van der Waals surface area contributed by atoms with E-state index in [1.54, 1.807) is 4.90 Å². The van der Waals surface area contributed by atoms with Crippen LogP contribution in [0.3, 0.4) is 0 Å². The Kier molecular flexibility index (Phi) is 7.83. The number of nitrogens with zero attached hydrogens (tertiary/aromatic N) is 2. The standard InChI is InChI=1S/C13H28N4O3/c1-3-20-13(19)17-6-4-11(5-7-17)16(2)10-15-9-12(18)8-14/h11-12,15,18H,3-10,14H2,1-2H3. The van der Waals surface area contributed by atoms with Crippen molar-refractivity contribution in [2.24, 2.45) is 5.73 Å². The molecule has 0 aliphatic carbocycles. The van der Waals surface area contributed by atoms with Crippen molar-refractivity contribution in [3.63, 3.8) is 0 Å². The Morgan fingerprint density at radius 3 is 2.75 bits per heavy atom. The first-order chi connectivity index (χ1) is 9.58. The van der Waals surface area contributed by atoms with Gasteiger partial charge in [-0.3, -0.25) is 4.90 Å². The van der Waals surface area contributed by atoms with Gasteiger partial charge in [0.05, 0.1) is 12.7 Å². The Bertz CT molecular complexity index is 283. The van der Waals surface area contributed by atoms with E-state index in [2.05, 4.69) is 10.2 Å². The second-order valence-corrected chi connectivity index (χ2v) is 5.18. The van der Waals surface area contributed by atoms with Gasteiger partial charge in [-0.25, -0.2) is 4.79 Å². The van der Waals surface area contributed by atoms with Crippen LogP contribution in [0.15, 0.2) is 0 Å². The van der Waals surface area contributed by atoms with Crippen molar-refractivity contribution < 1.29 is 14.6 Å². The van der Waals surface area contributed by atoms with Gasteiger partial charge in [0.1, 0.15) is 0 Å². The van der Waals surface area contributed by atoms with Gasteiger partial charge in [-0.05, 0) is 26.8 Å². The van der Waals surface area contributed by atoms with E-state index < -0.39 is 6.10 Å². The minimum Gasteiger partial charge on any atom is -0.450 e. The molecule has 0 aromatic carbocycles.